The van der Waals surface area contributed by atoms with Crippen molar-refractivity contribution in [2.45, 2.75) is 13.0 Å². The van der Waals surface area contributed by atoms with Crippen molar-refractivity contribution < 1.29 is 8.78 Å². The predicted molar refractivity (Wildman–Crippen MR) is 79.4 cm³/mol. The summed E-state index contributed by atoms with van der Waals surface area (Å²) in [5, 5.41) is -0.0316. The van der Waals surface area contributed by atoms with Gasteiger partial charge in [0.2, 0.25) is 0 Å². The van der Waals surface area contributed by atoms with E-state index in [1.54, 1.807) is 25.1 Å². The lowest BCUT2D eigenvalue weighted by Crippen LogP contribution is -2.29. The van der Waals surface area contributed by atoms with E-state index in [0.29, 0.717) is 10.0 Å². The van der Waals surface area contributed by atoms with Crippen LogP contribution in [-0.4, -0.2) is 0 Å². The van der Waals surface area contributed by atoms with E-state index >= 15 is 0 Å². The predicted octanol–water partition coefficient (Wildman–Crippen LogP) is 4.24. The molecule has 6 heteroatoms. The molecule has 106 valence electrons. The van der Waals surface area contributed by atoms with Gasteiger partial charge >= 0.3 is 0 Å². The zero-order chi connectivity index (χ0) is 14.9. The highest BCUT2D eigenvalue weighted by atomic mass is 79.9. The Hall–Kier alpha value is -1.01. The van der Waals surface area contributed by atoms with Crippen molar-refractivity contribution in [3.63, 3.8) is 0 Å². The van der Waals surface area contributed by atoms with Gasteiger partial charge in [0.05, 0.1) is 11.1 Å². The van der Waals surface area contributed by atoms with Gasteiger partial charge in [0, 0.05) is 10.0 Å². The van der Waals surface area contributed by atoms with Crippen LogP contribution in [0.15, 0.2) is 34.8 Å². The summed E-state index contributed by atoms with van der Waals surface area (Å²) in [6, 6.07) is 6.93. The number of rotatable bonds is 3. The van der Waals surface area contributed by atoms with Gasteiger partial charge < -0.3 is 0 Å². The van der Waals surface area contributed by atoms with Gasteiger partial charge in [-0.2, -0.15) is 0 Å². The number of aryl methyl sites for hydroxylation is 1. The van der Waals surface area contributed by atoms with E-state index in [-0.39, 0.29) is 10.6 Å². The molecule has 0 bridgehead atoms. The summed E-state index contributed by atoms with van der Waals surface area (Å²) in [5.41, 5.74) is 4.01. The molecule has 0 aliphatic heterocycles. The molecule has 0 heterocycles. The Kier molecular flexibility index (Phi) is 4.75. The van der Waals surface area contributed by atoms with Crippen molar-refractivity contribution in [1.82, 2.24) is 5.43 Å². The molecule has 0 aliphatic rings. The average Bonchev–Trinajstić information content (AvgIpc) is 2.38. The summed E-state index contributed by atoms with van der Waals surface area (Å²) in [4.78, 5) is 0. The van der Waals surface area contributed by atoms with Crippen LogP contribution >= 0.6 is 27.5 Å². The Morgan fingerprint density at radius 3 is 2.55 bits per heavy atom. The second-order valence-electron chi connectivity index (χ2n) is 4.43. The first-order valence-electron chi connectivity index (χ1n) is 5.80. The quantitative estimate of drug-likeness (QED) is 0.487. The largest absolute Gasteiger partial charge is 0.271 e. The standard InChI is InChI=1S/C14H12BrClF2N2/c1-7-4-8(6-9(17)5-7)14(20-19)10-2-3-11(15)12(16)13(10)18/h2-6,14,20H,19H2,1H3. The van der Waals surface area contributed by atoms with Crippen molar-refractivity contribution in [1.29, 1.82) is 0 Å². The fourth-order valence-electron chi connectivity index (χ4n) is 2.06. The highest BCUT2D eigenvalue weighted by molar-refractivity contribution is 9.10. The maximum Gasteiger partial charge on any atom is 0.148 e. The van der Waals surface area contributed by atoms with Gasteiger partial charge in [-0.25, -0.2) is 14.2 Å². The Bertz CT molecular complexity index is 629. The molecule has 0 saturated carbocycles. The van der Waals surface area contributed by atoms with Crippen molar-refractivity contribution in [3.8, 4) is 0 Å². The van der Waals surface area contributed by atoms with E-state index in [1.165, 1.54) is 12.1 Å². The van der Waals surface area contributed by atoms with Crippen molar-refractivity contribution in [2.24, 2.45) is 5.84 Å². The first-order valence-corrected chi connectivity index (χ1v) is 6.97. The van der Waals surface area contributed by atoms with E-state index in [4.69, 9.17) is 17.4 Å². The van der Waals surface area contributed by atoms with Gasteiger partial charge in [0.1, 0.15) is 11.6 Å². The van der Waals surface area contributed by atoms with Crippen LogP contribution in [0.1, 0.15) is 22.7 Å². The normalized spacial score (nSPS) is 12.5. The summed E-state index contributed by atoms with van der Waals surface area (Å²) < 4.78 is 28.2. The SMILES string of the molecule is Cc1cc(F)cc(C(NN)c2ccc(Br)c(Cl)c2F)c1. The number of nitrogens with two attached hydrogens (primary N) is 1. The highest BCUT2D eigenvalue weighted by Crippen LogP contribution is 2.33. The van der Waals surface area contributed by atoms with Crippen LogP contribution in [0.4, 0.5) is 8.78 Å². The van der Waals surface area contributed by atoms with Crippen molar-refractivity contribution in [2.75, 3.05) is 0 Å². The molecule has 2 rings (SSSR count). The topological polar surface area (TPSA) is 38.0 Å². The van der Waals surface area contributed by atoms with Crippen molar-refractivity contribution in [3.05, 3.63) is 68.2 Å². The maximum atomic E-state index is 14.2. The van der Waals surface area contributed by atoms with Gasteiger partial charge in [-0.05, 0) is 52.2 Å². The molecule has 20 heavy (non-hydrogen) atoms. The third kappa shape index (κ3) is 3.01. The fraction of sp³-hybridized carbons (Fsp3) is 0.143. The number of nitrogens with one attached hydrogen (secondary N) is 1. The summed E-state index contributed by atoms with van der Waals surface area (Å²) >= 11 is 9.02. The third-order valence-corrected chi connectivity index (χ3v) is 4.20. The molecule has 1 unspecified atom stereocenters. The summed E-state index contributed by atoms with van der Waals surface area (Å²) in [7, 11) is 0. The zero-order valence-electron chi connectivity index (χ0n) is 10.6. The van der Waals surface area contributed by atoms with E-state index in [1.807, 2.05) is 0 Å². The molecular formula is C14H12BrClF2N2. The summed E-state index contributed by atoms with van der Waals surface area (Å²) in [6.07, 6.45) is 0. The van der Waals surface area contributed by atoms with Crippen LogP contribution in [0.25, 0.3) is 0 Å². The number of hydrogen-bond acceptors (Lipinski definition) is 2. The maximum absolute atomic E-state index is 14.2. The van der Waals surface area contributed by atoms with Gasteiger partial charge in [-0.3, -0.25) is 5.84 Å². The molecule has 0 saturated heterocycles. The minimum absolute atomic E-state index is 0.0316. The molecule has 0 radical (unpaired) electrons. The second-order valence-corrected chi connectivity index (χ2v) is 5.66. The molecule has 2 aromatic carbocycles. The molecule has 0 spiro atoms. The van der Waals surface area contributed by atoms with Crippen LogP contribution < -0.4 is 11.3 Å². The monoisotopic (exact) mass is 360 g/mol. The second kappa shape index (κ2) is 6.18. The first kappa shape index (κ1) is 15.4. The zero-order valence-corrected chi connectivity index (χ0v) is 12.9. The number of hydrazine groups is 1. The summed E-state index contributed by atoms with van der Waals surface area (Å²) in [6.45, 7) is 1.76. The Labute approximate surface area is 129 Å². The number of benzene rings is 2. The lowest BCUT2D eigenvalue weighted by Gasteiger charge is -2.19. The molecule has 2 aromatic rings. The molecule has 0 aliphatic carbocycles. The molecular weight excluding hydrogens is 350 g/mol. The van der Waals surface area contributed by atoms with Crippen LogP contribution in [0.2, 0.25) is 5.02 Å². The number of halogens is 4. The molecule has 0 aromatic heterocycles. The Balaban J connectivity index is 2.55. The van der Waals surface area contributed by atoms with E-state index < -0.39 is 17.7 Å². The first-order chi connectivity index (χ1) is 9.43. The van der Waals surface area contributed by atoms with Gasteiger partial charge in [0.15, 0.2) is 0 Å². The van der Waals surface area contributed by atoms with Gasteiger partial charge in [-0.1, -0.05) is 23.7 Å². The van der Waals surface area contributed by atoms with E-state index in [0.717, 1.165) is 5.56 Å². The minimum Gasteiger partial charge on any atom is -0.271 e. The van der Waals surface area contributed by atoms with Gasteiger partial charge in [-0.15, -0.1) is 0 Å². The van der Waals surface area contributed by atoms with Crippen LogP contribution in [0.3, 0.4) is 0 Å². The Morgan fingerprint density at radius 2 is 1.95 bits per heavy atom. The highest BCUT2D eigenvalue weighted by Gasteiger charge is 2.20. The Morgan fingerprint density at radius 1 is 1.25 bits per heavy atom. The van der Waals surface area contributed by atoms with E-state index in [9.17, 15) is 8.78 Å². The summed E-state index contributed by atoms with van der Waals surface area (Å²) in [5.74, 6) is 4.51. The van der Waals surface area contributed by atoms with Crippen LogP contribution in [-0.2, 0) is 0 Å². The van der Waals surface area contributed by atoms with Crippen molar-refractivity contribution >= 4 is 27.5 Å². The molecule has 0 fully saturated rings. The smallest absolute Gasteiger partial charge is 0.148 e. The van der Waals surface area contributed by atoms with Crippen LogP contribution in [0.5, 0.6) is 0 Å². The molecule has 2 nitrogen and oxygen atoms in total. The number of hydrogen-bond donors (Lipinski definition) is 2. The third-order valence-electron chi connectivity index (χ3n) is 2.94. The van der Waals surface area contributed by atoms with Crippen LogP contribution in [0, 0.1) is 18.6 Å². The lowest BCUT2D eigenvalue weighted by atomic mass is 9.97. The molecule has 0 amide bonds. The molecule has 1 atom stereocenters. The lowest BCUT2D eigenvalue weighted by molar-refractivity contribution is 0.555. The van der Waals surface area contributed by atoms with Gasteiger partial charge in [0.25, 0.3) is 0 Å². The minimum atomic E-state index is -0.685. The fourth-order valence-corrected chi connectivity index (χ4v) is 2.54. The molecule has 3 N–H and O–H groups in total. The van der Waals surface area contributed by atoms with E-state index in [2.05, 4.69) is 21.4 Å². The average molecular weight is 362 g/mol.